The fraction of sp³-hybridized carbons (Fsp3) is 0.286. The molecule has 8 heteroatoms. The molecule has 1 aromatic rings. The molecule has 0 spiro atoms. The van der Waals surface area contributed by atoms with Crippen LogP contribution in [-0.2, 0) is 4.79 Å². The van der Waals surface area contributed by atoms with Crippen molar-refractivity contribution >= 4 is 17.4 Å². The van der Waals surface area contributed by atoms with E-state index < -0.39 is 52.3 Å². The lowest BCUT2D eigenvalue weighted by Gasteiger charge is -2.23. The summed E-state index contributed by atoms with van der Waals surface area (Å²) < 4.78 is 54.7. The van der Waals surface area contributed by atoms with Crippen molar-refractivity contribution in [1.82, 2.24) is 0 Å². The summed E-state index contributed by atoms with van der Waals surface area (Å²) in [7, 11) is 0. The second kappa shape index (κ2) is 5.78. The highest BCUT2D eigenvalue weighted by Gasteiger charge is 2.36. The van der Waals surface area contributed by atoms with E-state index in [4.69, 9.17) is 5.11 Å². The second-order valence-corrected chi connectivity index (χ2v) is 4.83. The number of benzene rings is 1. The number of rotatable bonds is 5. The van der Waals surface area contributed by atoms with Crippen LogP contribution < -0.4 is 4.90 Å². The molecule has 1 aliphatic carbocycles. The molecule has 1 aromatic carbocycles. The van der Waals surface area contributed by atoms with Gasteiger partial charge in [0.1, 0.15) is 0 Å². The van der Waals surface area contributed by atoms with Gasteiger partial charge in [-0.2, -0.15) is 0 Å². The average molecular weight is 317 g/mol. The molecule has 1 N–H and O–H groups in total. The molecule has 1 saturated carbocycles. The number of carboxylic acid groups (broad SMARTS) is 1. The van der Waals surface area contributed by atoms with Crippen LogP contribution in [-0.4, -0.2) is 22.9 Å². The second-order valence-electron chi connectivity index (χ2n) is 4.83. The molecular weight excluding hydrogens is 306 g/mol. The van der Waals surface area contributed by atoms with Gasteiger partial charge in [-0.25, -0.2) is 22.4 Å². The molecule has 2 rings (SSSR count). The van der Waals surface area contributed by atoms with E-state index in [1.165, 1.54) is 0 Å². The van der Waals surface area contributed by atoms with Crippen LogP contribution in [0.25, 0.3) is 0 Å². The van der Waals surface area contributed by atoms with Gasteiger partial charge in [0.2, 0.25) is 0 Å². The molecule has 0 aliphatic heterocycles. The lowest BCUT2D eigenvalue weighted by Crippen LogP contribution is -2.25. The Morgan fingerprint density at radius 3 is 2.09 bits per heavy atom. The van der Waals surface area contributed by atoms with Gasteiger partial charge in [-0.15, -0.1) is 0 Å². The first-order valence-electron chi connectivity index (χ1n) is 6.32. The third-order valence-electron chi connectivity index (χ3n) is 3.17. The molecule has 0 radical (unpaired) electrons. The number of carbonyl (C=O) groups excluding carboxylic acids is 1. The van der Waals surface area contributed by atoms with Gasteiger partial charge in [-0.05, 0) is 19.8 Å². The van der Waals surface area contributed by atoms with Gasteiger partial charge in [0, 0.05) is 18.3 Å². The fourth-order valence-corrected chi connectivity index (χ4v) is 2.06. The Labute approximate surface area is 122 Å². The monoisotopic (exact) mass is 317 g/mol. The van der Waals surface area contributed by atoms with Crippen LogP contribution in [0.5, 0.6) is 0 Å². The number of halogens is 4. The summed E-state index contributed by atoms with van der Waals surface area (Å²) in [6.45, 7) is 0.880. The Morgan fingerprint density at radius 1 is 1.09 bits per heavy atom. The Bertz CT molecular complexity index is 683. The molecule has 0 bridgehead atoms. The molecule has 0 saturated heterocycles. The minimum absolute atomic E-state index is 0.410. The van der Waals surface area contributed by atoms with Crippen molar-refractivity contribution in [2.75, 3.05) is 4.90 Å². The van der Waals surface area contributed by atoms with Crippen molar-refractivity contribution in [3.63, 3.8) is 0 Å². The zero-order chi connectivity index (χ0) is 16.6. The quantitative estimate of drug-likeness (QED) is 0.298. The number of anilines is 1. The van der Waals surface area contributed by atoms with E-state index in [9.17, 15) is 27.2 Å². The summed E-state index contributed by atoms with van der Waals surface area (Å²) in [6, 6.07) is -0.410. The third-order valence-corrected chi connectivity index (χ3v) is 3.17. The van der Waals surface area contributed by atoms with Gasteiger partial charge in [-0.3, -0.25) is 4.79 Å². The van der Waals surface area contributed by atoms with E-state index in [1.54, 1.807) is 0 Å². The topological polar surface area (TPSA) is 57.6 Å². The van der Waals surface area contributed by atoms with Crippen molar-refractivity contribution in [3.05, 3.63) is 41.1 Å². The largest absolute Gasteiger partial charge is 0.478 e. The molecule has 0 aromatic heterocycles. The zero-order valence-corrected chi connectivity index (χ0v) is 11.4. The zero-order valence-electron chi connectivity index (χ0n) is 11.4. The molecule has 1 fully saturated rings. The highest BCUT2D eigenvalue weighted by molar-refractivity contribution is 6.00. The number of nitrogens with zero attached hydrogens (tertiary/aromatic N) is 1. The van der Waals surface area contributed by atoms with E-state index in [1.807, 2.05) is 0 Å². The summed E-state index contributed by atoms with van der Waals surface area (Å²) >= 11 is 0. The minimum atomic E-state index is -2.08. The normalized spacial score (nSPS) is 14.4. The first-order chi connectivity index (χ1) is 10.3. The van der Waals surface area contributed by atoms with Gasteiger partial charge in [-0.1, -0.05) is 0 Å². The van der Waals surface area contributed by atoms with Crippen molar-refractivity contribution in [3.8, 4) is 0 Å². The highest BCUT2D eigenvalue weighted by Crippen LogP contribution is 2.38. The highest BCUT2D eigenvalue weighted by atomic mass is 19.2. The van der Waals surface area contributed by atoms with Crippen molar-refractivity contribution in [1.29, 1.82) is 0 Å². The molecule has 1 aliphatic rings. The summed E-state index contributed by atoms with van der Waals surface area (Å²) in [5, 5.41) is 8.63. The van der Waals surface area contributed by atoms with Crippen LogP contribution in [0, 0.1) is 23.3 Å². The average Bonchev–Trinajstić information content (AvgIpc) is 3.26. The molecular formula is C14H11F4NO3. The number of ketones is 1. The SMILES string of the molecule is CC(=O)c1c(F)c(F)c(F)c(F)c1N(/C=C/C(=O)O)C1CC1. The van der Waals surface area contributed by atoms with Gasteiger partial charge in [0.15, 0.2) is 29.1 Å². The first-order valence-corrected chi connectivity index (χ1v) is 6.32. The third kappa shape index (κ3) is 2.81. The number of hydrogen-bond acceptors (Lipinski definition) is 3. The number of aliphatic carboxylic acids is 1. The number of carbonyl (C=O) groups is 2. The van der Waals surface area contributed by atoms with Crippen LogP contribution in [0.1, 0.15) is 30.1 Å². The Morgan fingerprint density at radius 2 is 1.64 bits per heavy atom. The number of carboxylic acids is 1. The maximum atomic E-state index is 14.1. The lowest BCUT2D eigenvalue weighted by atomic mass is 10.1. The predicted octanol–water partition coefficient (Wildman–Crippen LogP) is 3.01. The minimum Gasteiger partial charge on any atom is -0.478 e. The maximum Gasteiger partial charge on any atom is 0.329 e. The van der Waals surface area contributed by atoms with Crippen LogP contribution in [0.15, 0.2) is 12.3 Å². The molecule has 0 heterocycles. The summed E-state index contributed by atoms with van der Waals surface area (Å²) in [5.74, 6) is -10.0. The van der Waals surface area contributed by atoms with Gasteiger partial charge >= 0.3 is 5.97 Å². The van der Waals surface area contributed by atoms with Crippen LogP contribution in [0.3, 0.4) is 0 Å². The summed E-state index contributed by atoms with van der Waals surface area (Å²) in [6.07, 6.45) is 2.57. The van der Waals surface area contributed by atoms with Crippen LogP contribution in [0.2, 0.25) is 0 Å². The van der Waals surface area contributed by atoms with E-state index in [0.29, 0.717) is 18.9 Å². The van der Waals surface area contributed by atoms with E-state index in [-0.39, 0.29) is 0 Å². The number of Topliss-reactive ketones (excluding diaryl/α,β-unsaturated/α-hetero) is 1. The molecule has 4 nitrogen and oxygen atoms in total. The van der Waals surface area contributed by atoms with Crippen molar-refractivity contribution in [2.24, 2.45) is 0 Å². The van der Waals surface area contributed by atoms with Crippen LogP contribution in [0.4, 0.5) is 23.2 Å². The smallest absolute Gasteiger partial charge is 0.329 e. The van der Waals surface area contributed by atoms with Gasteiger partial charge < -0.3 is 10.0 Å². The molecule has 22 heavy (non-hydrogen) atoms. The molecule has 118 valence electrons. The number of hydrogen-bond donors (Lipinski definition) is 1. The molecule has 0 unspecified atom stereocenters. The van der Waals surface area contributed by atoms with E-state index >= 15 is 0 Å². The Kier molecular flexibility index (Phi) is 4.20. The summed E-state index contributed by atoms with van der Waals surface area (Å²) in [5.41, 5.74) is -1.73. The standard InChI is InChI=1S/C14H11F4NO3/c1-6(20)9-10(15)11(16)12(17)13(18)14(9)19(7-2-3-7)5-4-8(21)22/h4-5,7H,2-3H2,1H3,(H,21,22)/b5-4+. The van der Waals surface area contributed by atoms with Gasteiger partial charge in [0.25, 0.3) is 0 Å². The maximum absolute atomic E-state index is 14.1. The summed E-state index contributed by atoms with van der Waals surface area (Å²) in [4.78, 5) is 23.1. The Hall–Kier alpha value is -2.38. The first kappa shape index (κ1) is 16.0. The lowest BCUT2D eigenvalue weighted by molar-refractivity contribution is -0.131. The predicted molar refractivity (Wildman–Crippen MR) is 68.6 cm³/mol. The van der Waals surface area contributed by atoms with Crippen molar-refractivity contribution in [2.45, 2.75) is 25.8 Å². The fourth-order valence-electron chi connectivity index (χ4n) is 2.06. The Balaban J connectivity index is 2.70. The van der Waals surface area contributed by atoms with E-state index in [2.05, 4.69) is 0 Å². The van der Waals surface area contributed by atoms with Crippen molar-refractivity contribution < 1.29 is 32.3 Å². The van der Waals surface area contributed by atoms with E-state index in [0.717, 1.165) is 18.0 Å². The molecule has 0 amide bonds. The van der Waals surface area contributed by atoms with Crippen LogP contribution >= 0.6 is 0 Å². The van der Waals surface area contributed by atoms with Gasteiger partial charge in [0.05, 0.1) is 11.3 Å². The molecule has 0 atom stereocenters.